The topological polar surface area (TPSA) is 12.0 Å². The first kappa shape index (κ1) is 13.6. The Kier molecular flexibility index (Phi) is 3.82. The lowest BCUT2D eigenvalue weighted by molar-refractivity contribution is -0.0154. The second-order valence-electron chi connectivity index (χ2n) is 6.06. The zero-order chi connectivity index (χ0) is 13.3. The molecule has 1 aromatic rings. The van der Waals surface area contributed by atoms with Crippen molar-refractivity contribution in [2.24, 2.45) is 11.3 Å². The van der Waals surface area contributed by atoms with Crippen molar-refractivity contribution < 1.29 is 0 Å². The van der Waals surface area contributed by atoms with Crippen LogP contribution in [0.15, 0.2) is 24.3 Å². The summed E-state index contributed by atoms with van der Waals surface area (Å²) in [5.41, 5.74) is 3.37. The number of hydrogen-bond donors (Lipinski definition) is 1. The van der Waals surface area contributed by atoms with E-state index in [4.69, 9.17) is 0 Å². The summed E-state index contributed by atoms with van der Waals surface area (Å²) in [5.74, 6) is 1.43. The normalized spacial score (nSPS) is 35.3. The molecule has 1 nitrogen and oxygen atoms in total. The average Bonchev–Trinajstić information content (AvgIpc) is 2.40. The molecule has 1 aliphatic rings. The lowest BCUT2D eigenvalue weighted by Crippen LogP contribution is -2.61. The molecule has 1 aliphatic carbocycles. The van der Waals surface area contributed by atoms with Crippen LogP contribution in [0, 0.1) is 11.3 Å². The summed E-state index contributed by atoms with van der Waals surface area (Å²) in [6.45, 7) is 9.36. The van der Waals surface area contributed by atoms with E-state index in [0.717, 1.165) is 12.3 Å². The molecule has 0 spiro atoms. The van der Waals surface area contributed by atoms with Gasteiger partial charge in [-0.3, -0.25) is 0 Å². The van der Waals surface area contributed by atoms with Gasteiger partial charge in [-0.05, 0) is 48.3 Å². The number of benzene rings is 1. The van der Waals surface area contributed by atoms with Gasteiger partial charge in [-0.15, -0.1) is 0 Å². The monoisotopic (exact) mass is 245 g/mol. The van der Waals surface area contributed by atoms with Gasteiger partial charge in [0.25, 0.3) is 0 Å². The Morgan fingerprint density at radius 2 is 1.78 bits per heavy atom. The van der Waals surface area contributed by atoms with Gasteiger partial charge in [-0.1, -0.05) is 52.0 Å². The molecule has 0 amide bonds. The van der Waals surface area contributed by atoms with Crippen molar-refractivity contribution in [2.45, 2.75) is 52.5 Å². The van der Waals surface area contributed by atoms with E-state index in [1.807, 2.05) is 0 Å². The van der Waals surface area contributed by atoms with Crippen molar-refractivity contribution in [1.29, 1.82) is 0 Å². The van der Waals surface area contributed by atoms with Crippen molar-refractivity contribution in [1.82, 2.24) is 5.32 Å². The highest BCUT2D eigenvalue weighted by Crippen LogP contribution is 2.58. The number of aryl methyl sites for hydroxylation is 1. The van der Waals surface area contributed by atoms with Crippen LogP contribution in [0.5, 0.6) is 0 Å². The van der Waals surface area contributed by atoms with E-state index in [9.17, 15) is 0 Å². The number of hydrogen-bond acceptors (Lipinski definition) is 1. The van der Waals surface area contributed by atoms with Gasteiger partial charge in [0.05, 0.1) is 0 Å². The number of rotatable bonds is 4. The molecule has 1 saturated carbocycles. The quantitative estimate of drug-likeness (QED) is 0.846. The first-order valence-corrected chi connectivity index (χ1v) is 7.34. The molecule has 1 N–H and O–H groups in total. The molecule has 1 heteroatoms. The maximum Gasteiger partial charge on any atom is 0.0155 e. The van der Waals surface area contributed by atoms with E-state index in [0.29, 0.717) is 17.4 Å². The van der Waals surface area contributed by atoms with Crippen molar-refractivity contribution >= 4 is 0 Å². The van der Waals surface area contributed by atoms with E-state index in [1.54, 1.807) is 0 Å². The van der Waals surface area contributed by atoms with Gasteiger partial charge >= 0.3 is 0 Å². The highest BCUT2D eigenvalue weighted by molar-refractivity contribution is 5.32. The SMILES string of the molecule is CCc1ccc(C2C(C)C(NC)C2(C)CC)cc1. The summed E-state index contributed by atoms with van der Waals surface area (Å²) in [6.07, 6.45) is 2.37. The Morgan fingerprint density at radius 1 is 1.17 bits per heavy atom. The zero-order valence-corrected chi connectivity index (χ0v) is 12.5. The fraction of sp³-hybridized carbons (Fsp3) is 0.647. The highest BCUT2D eigenvalue weighted by Gasteiger charge is 2.55. The second kappa shape index (κ2) is 5.05. The van der Waals surface area contributed by atoms with Gasteiger partial charge < -0.3 is 5.32 Å². The van der Waals surface area contributed by atoms with Crippen LogP contribution in [0.25, 0.3) is 0 Å². The Balaban J connectivity index is 2.26. The summed E-state index contributed by atoms with van der Waals surface area (Å²) < 4.78 is 0. The van der Waals surface area contributed by atoms with Gasteiger partial charge in [0, 0.05) is 6.04 Å². The standard InChI is InChI=1S/C17H27N/c1-6-13-8-10-14(11-9-13)15-12(3)16(18-5)17(15,4)7-2/h8-12,15-16,18H,6-7H2,1-5H3. The molecule has 18 heavy (non-hydrogen) atoms. The van der Waals surface area contributed by atoms with Gasteiger partial charge in [-0.25, -0.2) is 0 Å². The van der Waals surface area contributed by atoms with Crippen molar-refractivity contribution in [2.75, 3.05) is 7.05 Å². The van der Waals surface area contributed by atoms with Crippen LogP contribution in [0.1, 0.15) is 51.2 Å². The predicted octanol–water partition coefficient (Wildman–Crippen LogP) is 3.99. The molecule has 0 aliphatic heterocycles. The fourth-order valence-corrected chi connectivity index (χ4v) is 4.15. The van der Waals surface area contributed by atoms with E-state index in [-0.39, 0.29) is 0 Å². The third kappa shape index (κ3) is 1.89. The lowest BCUT2D eigenvalue weighted by Gasteiger charge is -2.59. The van der Waals surface area contributed by atoms with Crippen molar-refractivity contribution in [3.63, 3.8) is 0 Å². The third-order valence-corrected chi connectivity index (χ3v) is 5.29. The van der Waals surface area contributed by atoms with Crippen molar-refractivity contribution in [3.05, 3.63) is 35.4 Å². The molecule has 100 valence electrons. The Labute approximate surface area is 112 Å². The molecule has 0 aromatic heterocycles. The summed E-state index contributed by atoms with van der Waals surface area (Å²) in [4.78, 5) is 0. The van der Waals surface area contributed by atoms with Crippen molar-refractivity contribution in [3.8, 4) is 0 Å². The molecule has 1 fully saturated rings. The van der Waals surface area contributed by atoms with Crippen LogP contribution in [-0.2, 0) is 6.42 Å². The fourth-order valence-electron chi connectivity index (χ4n) is 4.15. The minimum Gasteiger partial charge on any atom is -0.316 e. The molecule has 0 radical (unpaired) electrons. The average molecular weight is 245 g/mol. The highest BCUT2D eigenvalue weighted by atomic mass is 14.9. The Hall–Kier alpha value is -0.820. The second-order valence-corrected chi connectivity index (χ2v) is 6.06. The molecule has 2 rings (SSSR count). The van der Waals surface area contributed by atoms with Gasteiger partial charge in [0.15, 0.2) is 0 Å². The van der Waals surface area contributed by atoms with Gasteiger partial charge in [0.1, 0.15) is 0 Å². The minimum absolute atomic E-state index is 0.405. The molecule has 4 unspecified atom stereocenters. The first-order valence-electron chi connectivity index (χ1n) is 7.34. The largest absolute Gasteiger partial charge is 0.316 e. The van der Waals surface area contributed by atoms with E-state index in [2.05, 4.69) is 64.3 Å². The maximum atomic E-state index is 3.51. The maximum absolute atomic E-state index is 3.51. The Bertz CT molecular complexity index is 395. The summed E-state index contributed by atoms with van der Waals surface area (Å²) >= 11 is 0. The van der Waals surface area contributed by atoms with Crippen LogP contribution in [0.2, 0.25) is 0 Å². The van der Waals surface area contributed by atoms with Gasteiger partial charge in [-0.2, -0.15) is 0 Å². The number of nitrogens with one attached hydrogen (secondary N) is 1. The van der Waals surface area contributed by atoms with Crippen LogP contribution in [0.4, 0.5) is 0 Å². The van der Waals surface area contributed by atoms with E-state index >= 15 is 0 Å². The van der Waals surface area contributed by atoms with Gasteiger partial charge in [0.2, 0.25) is 0 Å². The molecule has 0 saturated heterocycles. The Morgan fingerprint density at radius 3 is 2.22 bits per heavy atom. The zero-order valence-electron chi connectivity index (χ0n) is 12.5. The molecule has 0 heterocycles. The summed E-state index contributed by atoms with van der Waals surface area (Å²) in [6, 6.07) is 9.94. The van der Waals surface area contributed by atoms with E-state index < -0.39 is 0 Å². The molecule has 0 bridgehead atoms. The summed E-state index contributed by atoms with van der Waals surface area (Å²) in [7, 11) is 2.10. The first-order chi connectivity index (χ1) is 8.58. The minimum atomic E-state index is 0.405. The lowest BCUT2D eigenvalue weighted by atomic mass is 9.48. The molecule has 1 aromatic carbocycles. The molecule has 4 atom stereocenters. The van der Waals surface area contributed by atoms with Crippen LogP contribution < -0.4 is 5.32 Å². The van der Waals surface area contributed by atoms with Crippen LogP contribution >= 0.6 is 0 Å². The smallest absolute Gasteiger partial charge is 0.0155 e. The molecular formula is C17H27N. The summed E-state index contributed by atoms with van der Waals surface area (Å²) in [5, 5.41) is 3.51. The predicted molar refractivity (Wildman–Crippen MR) is 79.0 cm³/mol. The third-order valence-electron chi connectivity index (χ3n) is 5.29. The molecular weight excluding hydrogens is 218 g/mol. The van der Waals surface area contributed by atoms with Crippen LogP contribution in [0.3, 0.4) is 0 Å². The van der Waals surface area contributed by atoms with Crippen LogP contribution in [-0.4, -0.2) is 13.1 Å². The van der Waals surface area contributed by atoms with E-state index in [1.165, 1.54) is 17.5 Å².